The van der Waals surface area contributed by atoms with Crippen molar-refractivity contribution in [3.8, 4) is 0 Å². The number of aryl methyl sites for hydroxylation is 1. The Balaban J connectivity index is 0.00000312. The minimum Gasteiger partial charge on any atom is -0.383 e. The van der Waals surface area contributed by atoms with Gasteiger partial charge in [-0.1, -0.05) is 6.92 Å². The lowest BCUT2D eigenvalue weighted by molar-refractivity contribution is 0.0677. The van der Waals surface area contributed by atoms with Gasteiger partial charge >= 0.3 is 0 Å². The van der Waals surface area contributed by atoms with Crippen LogP contribution in [0.4, 0.5) is 0 Å². The standard InChI is InChI=1S/C17H26N4OS2.HI/c1-4-15-21-14(11-24-15)6-8-19-16(18-5-2)20-12-17(3,22)13-7-9-23-10-13;/h7,9-11,22H,4-6,8,12H2,1-3H3,(H2,18,19,20);1H. The molecule has 2 heterocycles. The summed E-state index contributed by atoms with van der Waals surface area (Å²) in [5, 5.41) is 24.3. The van der Waals surface area contributed by atoms with E-state index >= 15 is 0 Å². The third-order valence-electron chi connectivity index (χ3n) is 3.61. The first-order valence-electron chi connectivity index (χ1n) is 8.25. The number of guanidine groups is 1. The molecule has 1 atom stereocenters. The van der Waals surface area contributed by atoms with E-state index in [2.05, 4.69) is 32.9 Å². The van der Waals surface area contributed by atoms with Gasteiger partial charge in [-0.25, -0.2) is 9.98 Å². The maximum atomic E-state index is 10.6. The predicted molar refractivity (Wildman–Crippen MR) is 118 cm³/mol. The van der Waals surface area contributed by atoms with Crippen molar-refractivity contribution in [3.05, 3.63) is 38.5 Å². The Morgan fingerprint density at radius 1 is 1.32 bits per heavy atom. The number of rotatable bonds is 8. The van der Waals surface area contributed by atoms with Gasteiger partial charge < -0.3 is 15.7 Å². The first-order chi connectivity index (χ1) is 11.5. The van der Waals surface area contributed by atoms with E-state index in [1.807, 2.05) is 23.8 Å². The minimum absolute atomic E-state index is 0. The summed E-state index contributed by atoms with van der Waals surface area (Å²) < 4.78 is 0. The summed E-state index contributed by atoms with van der Waals surface area (Å²) in [6, 6.07) is 1.94. The molecule has 2 aromatic heterocycles. The van der Waals surface area contributed by atoms with Crippen LogP contribution in [0.3, 0.4) is 0 Å². The highest BCUT2D eigenvalue weighted by Crippen LogP contribution is 2.23. The molecule has 2 aromatic rings. The Morgan fingerprint density at radius 3 is 2.72 bits per heavy atom. The van der Waals surface area contributed by atoms with Crippen LogP contribution in [0.1, 0.15) is 37.0 Å². The van der Waals surface area contributed by atoms with Crippen molar-refractivity contribution in [2.24, 2.45) is 4.99 Å². The quantitative estimate of drug-likeness (QED) is 0.299. The fraction of sp³-hybridized carbons (Fsp3) is 0.529. The molecule has 8 heteroatoms. The van der Waals surface area contributed by atoms with E-state index in [0.29, 0.717) is 6.54 Å². The van der Waals surface area contributed by atoms with E-state index in [0.717, 1.165) is 43.1 Å². The zero-order valence-electron chi connectivity index (χ0n) is 14.9. The second-order valence-electron chi connectivity index (χ2n) is 5.74. The average Bonchev–Trinajstić information content (AvgIpc) is 3.24. The van der Waals surface area contributed by atoms with Gasteiger partial charge in [0, 0.05) is 24.9 Å². The van der Waals surface area contributed by atoms with Gasteiger partial charge in [0.15, 0.2) is 5.96 Å². The van der Waals surface area contributed by atoms with Gasteiger partial charge in [0.2, 0.25) is 0 Å². The Bertz CT molecular complexity index is 641. The number of aliphatic imine (C=N–C) groups is 1. The predicted octanol–water partition coefficient (Wildman–Crippen LogP) is 3.39. The van der Waals surface area contributed by atoms with Crippen LogP contribution in [0.15, 0.2) is 27.2 Å². The van der Waals surface area contributed by atoms with Crippen LogP contribution < -0.4 is 10.6 Å². The van der Waals surface area contributed by atoms with Crippen molar-refractivity contribution < 1.29 is 5.11 Å². The zero-order valence-corrected chi connectivity index (χ0v) is 18.9. The first kappa shape index (κ1) is 22.3. The van der Waals surface area contributed by atoms with E-state index in [9.17, 15) is 5.11 Å². The van der Waals surface area contributed by atoms with Crippen molar-refractivity contribution in [3.63, 3.8) is 0 Å². The fourth-order valence-electron chi connectivity index (χ4n) is 2.17. The SMILES string of the molecule is CCNC(=NCC(C)(O)c1ccsc1)NCCc1csc(CC)n1.I. The highest BCUT2D eigenvalue weighted by molar-refractivity contribution is 14.0. The number of hydrogen-bond acceptors (Lipinski definition) is 5. The number of nitrogens with one attached hydrogen (secondary N) is 2. The van der Waals surface area contributed by atoms with E-state index in [1.54, 1.807) is 29.6 Å². The molecule has 0 amide bonds. The third kappa shape index (κ3) is 7.20. The molecule has 0 aliphatic rings. The Labute approximate surface area is 175 Å². The second-order valence-corrected chi connectivity index (χ2v) is 7.47. The molecule has 140 valence electrons. The number of halogens is 1. The molecule has 5 nitrogen and oxygen atoms in total. The maximum Gasteiger partial charge on any atom is 0.191 e. The summed E-state index contributed by atoms with van der Waals surface area (Å²) in [6.07, 6.45) is 1.85. The largest absolute Gasteiger partial charge is 0.383 e. The normalized spacial score (nSPS) is 13.8. The summed E-state index contributed by atoms with van der Waals surface area (Å²) in [6.45, 7) is 7.81. The summed E-state index contributed by atoms with van der Waals surface area (Å²) in [5.41, 5.74) is 1.07. The van der Waals surface area contributed by atoms with Crippen LogP contribution in [0, 0.1) is 0 Å². The summed E-state index contributed by atoms with van der Waals surface area (Å²) in [7, 11) is 0. The number of aliphatic hydroxyl groups is 1. The Hall–Kier alpha value is -0.710. The van der Waals surface area contributed by atoms with Gasteiger partial charge in [0.05, 0.1) is 17.2 Å². The van der Waals surface area contributed by atoms with Crippen LogP contribution in [-0.4, -0.2) is 35.7 Å². The molecule has 0 saturated carbocycles. The smallest absolute Gasteiger partial charge is 0.191 e. The van der Waals surface area contributed by atoms with Crippen LogP contribution in [0.5, 0.6) is 0 Å². The van der Waals surface area contributed by atoms with Gasteiger partial charge in [-0.15, -0.1) is 35.3 Å². The van der Waals surface area contributed by atoms with Crippen molar-refractivity contribution >= 4 is 52.6 Å². The number of thiazole rings is 1. The number of nitrogens with zero attached hydrogens (tertiary/aromatic N) is 2. The Kier molecular flexibility index (Phi) is 9.91. The molecule has 25 heavy (non-hydrogen) atoms. The van der Waals surface area contributed by atoms with E-state index in [1.165, 1.54) is 5.01 Å². The lowest BCUT2D eigenvalue weighted by Gasteiger charge is -2.21. The maximum absolute atomic E-state index is 10.6. The van der Waals surface area contributed by atoms with Crippen molar-refractivity contribution in [1.82, 2.24) is 15.6 Å². The highest BCUT2D eigenvalue weighted by atomic mass is 127. The molecule has 0 radical (unpaired) electrons. The monoisotopic (exact) mass is 494 g/mol. The highest BCUT2D eigenvalue weighted by Gasteiger charge is 2.23. The number of hydrogen-bond donors (Lipinski definition) is 3. The summed E-state index contributed by atoms with van der Waals surface area (Å²) in [5.74, 6) is 0.721. The lowest BCUT2D eigenvalue weighted by Crippen LogP contribution is -2.39. The molecular weight excluding hydrogens is 467 g/mol. The molecule has 0 aromatic carbocycles. The zero-order chi connectivity index (χ0) is 17.4. The topological polar surface area (TPSA) is 69.5 Å². The number of thiophene rings is 1. The molecule has 0 aliphatic heterocycles. The van der Waals surface area contributed by atoms with Gasteiger partial charge in [-0.2, -0.15) is 11.3 Å². The molecule has 0 bridgehead atoms. The lowest BCUT2D eigenvalue weighted by atomic mass is 10.00. The second kappa shape index (κ2) is 11.1. The molecule has 3 N–H and O–H groups in total. The molecule has 2 rings (SSSR count). The molecule has 0 saturated heterocycles. The van der Waals surface area contributed by atoms with Crippen molar-refractivity contribution in [2.75, 3.05) is 19.6 Å². The van der Waals surface area contributed by atoms with Crippen molar-refractivity contribution in [2.45, 2.75) is 39.2 Å². The fourth-order valence-corrected chi connectivity index (χ4v) is 3.73. The molecule has 1 unspecified atom stereocenters. The third-order valence-corrected chi connectivity index (χ3v) is 5.33. The van der Waals surface area contributed by atoms with Crippen LogP contribution in [0.25, 0.3) is 0 Å². The molecule has 0 aliphatic carbocycles. The van der Waals surface area contributed by atoms with E-state index < -0.39 is 5.60 Å². The van der Waals surface area contributed by atoms with E-state index in [-0.39, 0.29) is 24.0 Å². The van der Waals surface area contributed by atoms with Crippen LogP contribution >= 0.6 is 46.7 Å². The van der Waals surface area contributed by atoms with Gasteiger partial charge in [0.25, 0.3) is 0 Å². The Morgan fingerprint density at radius 2 is 2.12 bits per heavy atom. The van der Waals surface area contributed by atoms with E-state index in [4.69, 9.17) is 0 Å². The average molecular weight is 494 g/mol. The number of aromatic nitrogens is 1. The molecular formula is C17H27IN4OS2. The van der Waals surface area contributed by atoms with Gasteiger partial charge in [0.1, 0.15) is 5.60 Å². The summed E-state index contributed by atoms with van der Waals surface area (Å²) in [4.78, 5) is 9.09. The van der Waals surface area contributed by atoms with Gasteiger partial charge in [-0.05, 0) is 42.7 Å². The first-order valence-corrected chi connectivity index (χ1v) is 10.1. The summed E-state index contributed by atoms with van der Waals surface area (Å²) >= 11 is 3.29. The van der Waals surface area contributed by atoms with Crippen molar-refractivity contribution in [1.29, 1.82) is 0 Å². The minimum atomic E-state index is -0.951. The van der Waals surface area contributed by atoms with Gasteiger partial charge in [-0.3, -0.25) is 0 Å². The molecule has 0 fully saturated rings. The van der Waals surface area contributed by atoms with Crippen LogP contribution in [0.2, 0.25) is 0 Å². The molecule has 0 spiro atoms. The van der Waals surface area contributed by atoms with Crippen LogP contribution in [-0.2, 0) is 18.4 Å².